The van der Waals surface area contributed by atoms with E-state index in [0.717, 1.165) is 0 Å². The van der Waals surface area contributed by atoms with E-state index >= 15 is 0 Å². The quantitative estimate of drug-likeness (QED) is 0.648. The van der Waals surface area contributed by atoms with Gasteiger partial charge in [-0.1, -0.05) is 24.3 Å². The second kappa shape index (κ2) is 3.37. The highest BCUT2D eigenvalue weighted by Gasteiger charge is 2.06. The number of hydrogen-bond acceptors (Lipinski definition) is 0. The van der Waals surface area contributed by atoms with Crippen LogP contribution in [0, 0.1) is 5.82 Å². The number of halogens is 3. The zero-order valence-corrected chi connectivity index (χ0v) is 7.91. The summed E-state index contributed by atoms with van der Waals surface area (Å²) in [6.07, 6.45) is 1.39. The highest BCUT2D eigenvalue weighted by molar-refractivity contribution is 9.10. The largest absolute Gasteiger partial charge is 0.205 e. The number of benzene rings is 1. The molecule has 0 heterocycles. The summed E-state index contributed by atoms with van der Waals surface area (Å²) in [6, 6.07) is 3.18. The van der Waals surface area contributed by atoms with Crippen molar-refractivity contribution in [1.82, 2.24) is 0 Å². The van der Waals surface area contributed by atoms with E-state index in [9.17, 15) is 4.39 Å². The van der Waals surface area contributed by atoms with Gasteiger partial charge in [-0.3, -0.25) is 0 Å². The van der Waals surface area contributed by atoms with E-state index in [1.54, 1.807) is 12.1 Å². The molecule has 0 atom stereocenters. The maximum absolute atomic E-state index is 13.1. The van der Waals surface area contributed by atoms with Crippen LogP contribution in [-0.2, 0) is 0 Å². The first-order valence-corrected chi connectivity index (χ1v) is 4.10. The second-order valence-electron chi connectivity index (χ2n) is 1.96. The van der Waals surface area contributed by atoms with Crippen LogP contribution in [0.25, 0.3) is 6.08 Å². The predicted molar refractivity (Wildman–Crippen MR) is 49.2 cm³/mol. The summed E-state index contributed by atoms with van der Waals surface area (Å²) in [5.74, 6) is -0.368. The SMILES string of the molecule is C=Cc1c(Cl)ccc(Br)c1F. The van der Waals surface area contributed by atoms with E-state index < -0.39 is 0 Å². The van der Waals surface area contributed by atoms with Crippen LogP contribution >= 0.6 is 27.5 Å². The summed E-state index contributed by atoms with van der Waals surface area (Å²) in [7, 11) is 0. The zero-order valence-electron chi connectivity index (χ0n) is 5.57. The van der Waals surface area contributed by atoms with Gasteiger partial charge in [0.15, 0.2) is 0 Å². The van der Waals surface area contributed by atoms with Crippen LogP contribution in [0.2, 0.25) is 5.02 Å². The third-order valence-corrected chi connectivity index (χ3v) is 2.23. The van der Waals surface area contributed by atoms with Gasteiger partial charge in [0.1, 0.15) is 5.82 Å². The maximum Gasteiger partial charge on any atom is 0.146 e. The van der Waals surface area contributed by atoms with Gasteiger partial charge in [0, 0.05) is 5.56 Å². The minimum absolute atomic E-state index is 0.334. The summed E-state index contributed by atoms with van der Waals surface area (Å²) in [5.41, 5.74) is 0.334. The smallest absolute Gasteiger partial charge is 0.146 e. The normalized spacial score (nSPS) is 9.73. The van der Waals surface area contributed by atoms with Crippen LogP contribution in [0.4, 0.5) is 4.39 Å². The molecule has 0 aromatic heterocycles. The van der Waals surface area contributed by atoms with Gasteiger partial charge in [0.05, 0.1) is 9.50 Å². The monoisotopic (exact) mass is 234 g/mol. The molecule has 0 aliphatic carbocycles. The van der Waals surface area contributed by atoms with Crippen molar-refractivity contribution >= 4 is 33.6 Å². The van der Waals surface area contributed by atoms with Crippen LogP contribution in [0.15, 0.2) is 23.2 Å². The lowest BCUT2D eigenvalue weighted by Crippen LogP contribution is -1.84. The van der Waals surface area contributed by atoms with Gasteiger partial charge in [0.2, 0.25) is 0 Å². The molecule has 0 unspecified atom stereocenters. The topological polar surface area (TPSA) is 0 Å². The Labute approximate surface area is 77.8 Å². The Hall–Kier alpha value is -0.340. The molecule has 0 spiro atoms. The van der Waals surface area contributed by atoms with Crippen LogP contribution in [0.3, 0.4) is 0 Å². The molecule has 3 heteroatoms. The van der Waals surface area contributed by atoms with Gasteiger partial charge < -0.3 is 0 Å². The first-order valence-electron chi connectivity index (χ1n) is 2.92. The summed E-state index contributed by atoms with van der Waals surface area (Å²) in [5, 5.41) is 0.376. The Kier molecular flexibility index (Phi) is 2.68. The molecule has 11 heavy (non-hydrogen) atoms. The van der Waals surface area contributed by atoms with Crippen molar-refractivity contribution in [3.05, 3.63) is 39.6 Å². The number of hydrogen-bond donors (Lipinski definition) is 0. The van der Waals surface area contributed by atoms with Crippen LogP contribution in [0.1, 0.15) is 5.56 Å². The maximum atomic E-state index is 13.1. The Balaban J connectivity index is 3.40. The standard InChI is InChI=1S/C8H5BrClF/c1-2-5-7(10)4-3-6(9)8(5)11/h2-4H,1H2. The van der Waals surface area contributed by atoms with E-state index in [0.29, 0.717) is 15.1 Å². The lowest BCUT2D eigenvalue weighted by atomic mass is 10.2. The fourth-order valence-corrected chi connectivity index (χ4v) is 1.30. The molecule has 0 saturated heterocycles. The molecule has 0 aliphatic rings. The van der Waals surface area contributed by atoms with Crippen LogP contribution in [-0.4, -0.2) is 0 Å². The lowest BCUT2D eigenvalue weighted by Gasteiger charge is -2.00. The molecule has 1 aromatic carbocycles. The van der Waals surface area contributed by atoms with Gasteiger partial charge in [-0.25, -0.2) is 4.39 Å². The molecule has 0 saturated carbocycles. The van der Waals surface area contributed by atoms with Gasteiger partial charge in [-0.05, 0) is 28.1 Å². The molecule has 0 nitrogen and oxygen atoms in total. The first-order chi connectivity index (χ1) is 5.16. The van der Waals surface area contributed by atoms with E-state index in [2.05, 4.69) is 22.5 Å². The Morgan fingerprint density at radius 1 is 1.55 bits per heavy atom. The average Bonchev–Trinajstić information content (AvgIpc) is 1.99. The van der Waals surface area contributed by atoms with Crippen molar-refractivity contribution in [3.8, 4) is 0 Å². The molecule has 0 bridgehead atoms. The van der Waals surface area contributed by atoms with E-state index in [1.807, 2.05) is 0 Å². The summed E-state index contributed by atoms with van der Waals surface area (Å²) >= 11 is 8.71. The molecule has 0 radical (unpaired) electrons. The second-order valence-corrected chi connectivity index (χ2v) is 3.22. The zero-order chi connectivity index (χ0) is 8.43. The highest BCUT2D eigenvalue weighted by atomic mass is 79.9. The molecule has 0 fully saturated rings. The molecule has 0 aliphatic heterocycles. The van der Waals surface area contributed by atoms with Gasteiger partial charge >= 0.3 is 0 Å². The van der Waals surface area contributed by atoms with Gasteiger partial charge in [-0.2, -0.15) is 0 Å². The Morgan fingerprint density at radius 2 is 2.18 bits per heavy atom. The van der Waals surface area contributed by atoms with E-state index in [1.165, 1.54) is 6.08 Å². The van der Waals surface area contributed by atoms with Crippen molar-refractivity contribution in [2.45, 2.75) is 0 Å². The Bertz CT molecular complexity index is 296. The summed E-state index contributed by atoms with van der Waals surface area (Å²) < 4.78 is 13.5. The van der Waals surface area contributed by atoms with E-state index in [-0.39, 0.29) is 5.82 Å². The fraction of sp³-hybridized carbons (Fsp3) is 0. The molecular weight excluding hydrogens is 230 g/mol. The highest BCUT2D eigenvalue weighted by Crippen LogP contribution is 2.26. The summed E-state index contributed by atoms with van der Waals surface area (Å²) in [6.45, 7) is 3.45. The Morgan fingerprint density at radius 3 is 2.64 bits per heavy atom. The first kappa shape index (κ1) is 8.75. The lowest BCUT2D eigenvalue weighted by molar-refractivity contribution is 0.618. The van der Waals surface area contributed by atoms with Gasteiger partial charge in [0.25, 0.3) is 0 Å². The summed E-state index contributed by atoms with van der Waals surface area (Å²) in [4.78, 5) is 0. The van der Waals surface area contributed by atoms with Gasteiger partial charge in [-0.15, -0.1) is 0 Å². The third kappa shape index (κ3) is 1.63. The minimum atomic E-state index is -0.368. The van der Waals surface area contributed by atoms with E-state index in [4.69, 9.17) is 11.6 Å². The van der Waals surface area contributed by atoms with Crippen LogP contribution in [0.5, 0.6) is 0 Å². The molecule has 0 amide bonds. The molecule has 0 N–H and O–H groups in total. The molecular formula is C8H5BrClF. The number of rotatable bonds is 1. The van der Waals surface area contributed by atoms with Crippen molar-refractivity contribution in [1.29, 1.82) is 0 Å². The van der Waals surface area contributed by atoms with Crippen molar-refractivity contribution < 1.29 is 4.39 Å². The molecule has 58 valence electrons. The third-order valence-electron chi connectivity index (χ3n) is 1.28. The minimum Gasteiger partial charge on any atom is -0.205 e. The average molecular weight is 235 g/mol. The van der Waals surface area contributed by atoms with Crippen molar-refractivity contribution in [3.63, 3.8) is 0 Å². The van der Waals surface area contributed by atoms with Crippen molar-refractivity contribution in [2.24, 2.45) is 0 Å². The van der Waals surface area contributed by atoms with Crippen LogP contribution < -0.4 is 0 Å². The molecule has 1 rings (SSSR count). The van der Waals surface area contributed by atoms with Crippen molar-refractivity contribution in [2.75, 3.05) is 0 Å². The fourth-order valence-electron chi connectivity index (χ4n) is 0.730. The molecule has 1 aromatic rings. The predicted octanol–water partition coefficient (Wildman–Crippen LogP) is 3.88.